The van der Waals surface area contributed by atoms with Crippen molar-refractivity contribution in [1.29, 1.82) is 0 Å². The fraction of sp³-hybridized carbons (Fsp3) is 0.652. The van der Waals surface area contributed by atoms with Crippen LogP contribution < -0.4 is 9.47 Å². The van der Waals surface area contributed by atoms with E-state index in [1.165, 1.54) is 24.0 Å². The van der Waals surface area contributed by atoms with Crippen molar-refractivity contribution in [1.82, 2.24) is 4.90 Å². The number of methoxy groups -OCH3 is 1. The van der Waals surface area contributed by atoms with Crippen molar-refractivity contribution in [3.05, 3.63) is 35.4 Å². The minimum absolute atomic E-state index is 0.0593. The molecule has 3 aliphatic carbocycles. The third-order valence-electron chi connectivity index (χ3n) is 8.06. The highest BCUT2D eigenvalue weighted by Gasteiger charge is 2.73. The molecule has 2 bridgehead atoms. The molecule has 1 spiro atoms. The molecule has 6 rings (SSSR count). The molecule has 4 heteroatoms. The second kappa shape index (κ2) is 4.90. The van der Waals surface area contributed by atoms with Crippen LogP contribution in [0.4, 0.5) is 0 Å². The number of benzene rings is 1. The molecule has 1 saturated heterocycles. The lowest BCUT2D eigenvalue weighted by Gasteiger charge is -2.63. The van der Waals surface area contributed by atoms with Crippen LogP contribution >= 0.6 is 0 Å². The molecule has 2 fully saturated rings. The van der Waals surface area contributed by atoms with Crippen LogP contribution in [0.2, 0.25) is 0 Å². The van der Waals surface area contributed by atoms with E-state index in [0.717, 1.165) is 43.3 Å². The Labute approximate surface area is 161 Å². The zero-order valence-electron chi connectivity index (χ0n) is 16.5. The van der Waals surface area contributed by atoms with Crippen LogP contribution in [0.5, 0.6) is 11.5 Å². The summed E-state index contributed by atoms with van der Waals surface area (Å²) in [6.07, 6.45) is 8.80. The van der Waals surface area contributed by atoms with E-state index >= 15 is 0 Å². The van der Waals surface area contributed by atoms with Crippen LogP contribution in [0.25, 0.3) is 0 Å². The number of likely N-dealkylation sites (tertiary alicyclic amines) is 1. The average Bonchev–Trinajstić information content (AvgIpc) is 3.37. The van der Waals surface area contributed by atoms with Crippen molar-refractivity contribution < 1.29 is 14.6 Å². The predicted molar refractivity (Wildman–Crippen MR) is 103 cm³/mol. The summed E-state index contributed by atoms with van der Waals surface area (Å²) in [5.74, 6) is 2.51. The maximum Gasteiger partial charge on any atom is 0.165 e. The summed E-state index contributed by atoms with van der Waals surface area (Å²) in [5.41, 5.74) is 1.20. The molecule has 0 unspecified atom stereocenters. The second-order valence-corrected chi connectivity index (χ2v) is 9.99. The maximum atomic E-state index is 12.3. The number of ether oxygens (including phenoxy) is 2. The van der Waals surface area contributed by atoms with Gasteiger partial charge in [0.25, 0.3) is 0 Å². The lowest BCUT2D eigenvalue weighted by atomic mass is 9.47. The zero-order chi connectivity index (χ0) is 18.6. The van der Waals surface area contributed by atoms with Gasteiger partial charge in [0.1, 0.15) is 11.7 Å². The fourth-order valence-corrected chi connectivity index (χ4v) is 6.63. The molecule has 0 radical (unpaired) electrons. The van der Waals surface area contributed by atoms with E-state index in [-0.39, 0.29) is 23.0 Å². The van der Waals surface area contributed by atoms with E-state index < -0.39 is 5.60 Å². The van der Waals surface area contributed by atoms with Crippen molar-refractivity contribution in [2.75, 3.05) is 20.2 Å². The van der Waals surface area contributed by atoms with Gasteiger partial charge in [-0.15, -0.1) is 0 Å². The van der Waals surface area contributed by atoms with E-state index in [4.69, 9.17) is 9.47 Å². The Bertz CT molecular complexity index is 857. The SMILES string of the molecule is COc1ccc2c3c1O[C@@H]1C(C)(C)C=C[C@]4(O)[C@H](C2)N(CC2CC2)CC[C@@]314. The highest BCUT2D eigenvalue weighted by molar-refractivity contribution is 5.64. The molecule has 144 valence electrons. The fourth-order valence-electron chi connectivity index (χ4n) is 6.63. The molecule has 2 heterocycles. The first-order valence-electron chi connectivity index (χ1n) is 10.4. The molecule has 1 N–H and O–H groups in total. The monoisotopic (exact) mass is 367 g/mol. The number of rotatable bonds is 3. The van der Waals surface area contributed by atoms with Gasteiger partial charge >= 0.3 is 0 Å². The average molecular weight is 367 g/mol. The number of aliphatic hydroxyl groups is 1. The topological polar surface area (TPSA) is 41.9 Å². The molecule has 1 aromatic rings. The molecule has 27 heavy (non-hydrogen) atoms. The van der Waals surface area contributed by atoms with Gasteiger partial charge in [0, 0.05) is 23.6 Å². The first-order chi connectivity index (χ1) is 12.9. The van der Waals surface area contributed by atoms with Crippen LogP contribution in [0.1, 0.15) is 44.2 Å². The summed E-state index contributed by atoms with van der Waals surface area (Å²) < 4.78 is 12.3. The third kappa shape index (κ3) is 1.82. The molecule has 5 aliphatic rings. The van der Waals surface area contributed by atoms with Crippen LogP contribution in [0.3, 0.4) is 0 Å². The third-order valence-corrected chi connectivity index (χ3v) is 8.06. The minimum atomic E-state index is -0.870. The van der Waals surface area contributed by atoms with Gasteiger partial charge in [0.2, 0.25) is 0 Å². The smallest absolute Gasteiger partial charge is 0.165 e. The lowest BCUT2D eigenvalue weighted by Crippen LogP contribution is -2.76. The predicted octanol–water partition coefficient (Wildman–Crippen LogP) is 3.06. The van der Waals surface area contributed by atoms with E-state index in [9.17, 15) is 5.11 Å². The van der Waals surface area contributed by atoms with Gasteiger partial charge in [-0.1, -0.05) is 32.1 Å². The molecule has 1 aromatic carbocycles. The molecule has 0 amide bonds. The molecule has 4 nitrogen and oxygen atoms in total. The summed E-state index contributed by atoms with van der Waals surface area (Å²) in [6, 6.07) is 4.40. The molecule has 1 saturated carbocycles. The molecular formula is C23H29NO3. The summed E-state index contributed by atoms with van der Waals surface area (Å²) >= 11 is 0. The normalized spacial score (nSPS) is 40.4. The lowest BCUT2D eigenvalue weighted by molar-refractivity contribution is -0.157. The quantitative estimate of drug-likeness (QED) is 0.834. The van der Waals surface area contributed by atoms with Crippen LogP contribution in [0.15, 0.2) is 24.3 Å². The van der Waals surface area contributed by atoms with Gasteiger partial charge in [-0.3, -0.25) is 4.90 Å². The van der Waals surface area contributed by atoms with E-state index in [2.05, 4.69) is 37.0 Å². The van der Waals surface area contributed by atoms with Gasteiger partial charge in [0.05, 0.1) is 12.5 Å². The Balaban J connectivity index is 1.60. The number of nitrogens with zero attached hydrogens (tertiary/aromatic N) is 1. The maximum absolute atomic E-state index is 12.3. The number of hydrogen-bond donors (Lipinski definition) is 1. The molecular weight excluding hydrogens is 338 g/mol. The first kappa shape index (κ1) is 16.4. The van der Waals surface area contributed by atoms with Crippen LogP contribution in [-0.2, 0) is 11.8 Å². The van der Waals surface area contributed by atoms with Gasteiger partial charge in [-0.05, 0) is 49.8 Å². The Morgan fingerprint density at radius 2 is 2.07 bits per heavy atom. The van der Waals surface area contributed by atoms with Crippen molar-refractivity contribution in [2.45, 2.75) is 62.7 Å². The van der Waals surface area contributed by atoms with Crippen LogP contribution in [0, 0.1) is 11.3 Å². The van der Waals surface area contributed by atoms with Crippen molar-refractivity contribution in [2.24, 2.45) is 11.3 Å². The van der Waals surface area contributed by atoms with Gasteiger partial charge < -0.3 is 14.6 Å². The van der Waals surface area contributed by atoms with Crippen molar-refractivity contribution >= 4 is 0 Å². The molecule has 4 atom stereocenters. The zero-order valence-corrected chi connectivity index (χ0v) is 16.5. The van der Waals surface area contributed by atoms with Crippen molar-refractivity contribution in [3.63, 3.8) is 0 Å². The summed E-state index contributed by atoms with van der Waals surface area (Å²) in [6.45, 7) is 6.65. The minimum Gasteiger partial charge on any atom is -0.493 e. The van der Waals surface area contributed by atoms with Gasteiger partial charge in [-0.25, -0.2) is 0 Å². The van der Waals surface area contributed by atoms with Crippen molar-refractivity contribution in [3.8, 4) is 11.5 Å². The highest BCUT2D eigenvalue weighted by atomic mass is 16.5. The summed E-state index contributed by atoms with van der Waals surface area (Å²) in [7, 11) is 1.71. The van der Waals surface area contributed by atoms with Gasteiger partial charge in [-0.2, -0.15) is 0 Å². The Hall–Kier alpha value is -1.52. The van der Waals surface area contributed by atoms with E-state index in [1.54, 1.807) is 7.11 Å². The van der Waals surface area contributed by atoms with E-state index in [1.807, 2.05) is 6.07 Å². The molecule has 2 aliphatic heterocycles. The first-order valence-corrected chi connectivity index (χ1v) is 10.4. The molecule has 0 aromatic heterocycles. The highest BCUT2D eigenvalue weighted by Crippen LogP contribution is 2.66. The Morgan fingerprint density at radius 3 is 2.81 bits per heavy atom. The van der Waals surface area contributed by atoms with E-state index in [0.29, 0.717) is 0 Å². The Morgan fingerprint density at radius 1 is 1.26 bits per heavy atom. The summed E-state index contributed by atoms with van der Waals surface area (Å²) in [5, 5.41) is 12.3. The standard InChI is InChI=1S/C23H29NO3/c1-21(2)8-9-23(25)17-12-15-6-7-16(26-3)19-18(15)22(23,20(21)27-19)10-11-24(17)13-14-4-5-14/h6-9,14,17,20,25H,4-5,10-13H2,1-3H3/t17-,20+,22+,23-/m0/s1. The summed E-state index contributed by atoms with van der Waals surface area (Å²) in [4.78, 5) is 2.58. The largest absolute Gasteiger partial charge is 0.493 e. The Kier molecular flexibility index (Phi) is 2.98. The second-order valence-electron chi connectivity index (χ2n) is 9.99. The van der Waals surface area contributed by atoms with Gasteiger partial charge in [0.15, 0.2) is 11.5 Å². The number of hydrogen-bond acceptors (Lipinski definition) is 4. The number of piperidine rings is 1. The van der Waals surface area contributed by atoms with Crippen LogP contribution in [-0.4, -0.2) is 48.0 Å².